The van der Waals surface area contributed by atoms with Crippen LogP contribution in [0.3, 0.4) is 0 Å². The maximum Gasteiger partial charge on any atom is 0.236 e. The van der Waals surface area contributed by atoms with Crippen LogP contribution in [-0.2, 0) is 20.8 Å². The van der Waals surface area contributed by atoms with Gasteiger partial charge in [0.25, 0.3) is 0 Å². The SMILES string of the molecule is CCC(CC)(C(=O)N[C@@H](c1cccc2ccccc12)C(O)(c1cccc(OC)c1)c1cccc(OC)c1)C(=O)N[C@@H](c1cccc2ccccc12)C(O)(c1cccc(OC)c1)c1cccc(OC)c1. The van der Waals surface area contributed by atoms with Crippen LogP contribution >= 0.6 is 0 Å². The van der Waals surface area contributed by atoms with Gasteiger partial charge in [-0.05, 0) is 116 Å². The molecule has 8 rings (SSSR count). The van der Waals surface area contributed by atoms with E-state index in [1.807, 2.05) is 84.9 Å². The Morgan fingerprint density at radius 3 is 1.03 bits per heavy atom. The number of amides is 2. The van der Waals surface area contributed by atoms with Crippen LogP contribution in [0.4, 0.5) is 0 Å². The topological polar surface area (TPSA) is 136 Å². The summed E-state index contributed by atoms with van der Waals surface area (Å²) in [5.41, 5.74) is -2.83. The van der Waals surface area contributed by atoms with Crippen LogP contribution in [0.2, 0.25) is 0 Å². The van der Waals surface area contributed by atoms with Crippen molar-refractivity contribution in [3.8, 4) is 23.0 Å². The van der Waals surface area contributed by atoms with E-state index < -0.39 is 40.5 Å². The smallest absolute Gasteiger partial charge is 0.236 e. The van der Waals surface area contributed by atoms with Crippen molar-refractivity contribution in [2.24, 2.45) is 5.41 Å². The molecule has 8 aromatic carbocycles. The average molecular weight is 923 g/mol. The summed E-state index contributed by atoms with van der Waals surface area (Å²) in [4.78, 5) is 31.8. The van der Waals surface area contributed by atoms with Crippen LogP contribution in [0.1, 0.15) is 72.2 Å². The first-order valence-corrected chi connectivity index (χ1v) is 23.1. The van der Waals surface area contributed by atoms with Crippen molar-refractivity contribution >= 4 is 33.4 Å². The molecule has 10 heteroatoms. The molecule has 69 heavy (non-hydrogen) atoms. The zero-order valence-electron chi connectivity index (χ0n) is 39.7. The van der Waals surface area contributed by atoms with E-state index in [9.17, 15) is 10.2 Å². The van der Waals surface area contributed by atoms with Gasteiger partial charge in [-0.25, -0.2) is 0 Å². The molecule has 0 aromatic heterocycles. The van der Waals surface area contributed by atoms with Gasteiger partial charge in [0.1, 0.15) is 39.6 Å². The molecular formula is C59H58N2O8. The number of fused-ring (bicyclic) bond motifs is 2. The van der Waals surface area contributed by atoms with Crippen LogP contribution in [0.25, 0.3) is 21.5 Å². The second kappa shape index (κ2) is 20.3. The zero-order valence-corrected chi connectivity index (χ0v) is 39.7. The van der Waals surface area contributed by atoms with Crippen LogP contribution in [0.5, 0.6) is 23.0 Å². The Morgan fingerprint density at radius 1 is 0.435 bits per heavy atom. The highest BCUT2D eigenvalue weighted by Crippen LogP contribution is 2.48. The summed E-state index contributed by atoms with van der Waals surface area (Å²) >= 11 is 0. The maximum atomic E-state index is 15.9. The molecule has 0 spiro atoms. The summed E-state index contributed by atoms with van der Waals surface area (Å²) in [7, 11) is 6.22. The lowest BCUT2D eigenvalue weighted by Gasteiger charge is -2.42. The van der Waals surface area contributed by atoms with E-state index >= 15 is 9.59 Å². The summed E-state index contributed by atoms with van der Waals surface area (Å²) in [6.45, 7) is 3.60. The third kappa shape index (κ3) is 8.85. The average Bonchev–Trinajstić information content (AvgIpc) is 3.41. The second-order valence-corrected chi connectivity index (χ2v) is 17.2. The van der Waals surface area contributed by atoms with Crippen molar-refractivity contribution < 1.29 is 38.7 Å². The van der Waals surface area contributed by atoms with Crippen LogP contribution < -0.4 is 29.6 Å². The van der Waals surface area contributed by atoms with Gasteiger partial charge in [0.15, 0.2) is 0 Å². The molecule has 0 saturated carbocycles. The summed E-state index contributed by atoms with van der Waals surface area (Å²) < 4.78 is 22.8. The Hall–Kier alpha value is -7.66. The highest BCUT2D eigenvalue weighted by Gasteiger charge is 2.51. The molecule has 0 fully saturated rings. The first-order valence-electron chi connectivity index (χ1n) is 23.1. The molecule has 4 N–H and O–H groups in total. The lowest BCUT2D eigenvalue weighted by Crippen LogP contribution is -2.57. The normalized spacial score (nSPS) is 12.8. The Bertz CT molecular complexity index is 2800. The number of benzene rings is 8. The van der Waals surface area contributed by atoms with Gasteiger partial charge >= 0.3 is 0 Å². The Balaban J connectivity index is 1.33. The number of methoxy groups -OCH3 is 4. The minimum absolute atomic E-state index is 0.0547. The van der Waals surface area contributed by atoms with Gasteiger partial charge in [0.2, 0.25) is 11.8 Å². The van der Waals surface area contributed by atoms with Crippen molar-refractivity contribution in [2.45, 2.75) is 50.0 Å². The van der Waals surface area contributed by atoms with Gasteiger partial charge < -0.3 is 39.8 Å². The van der Waals surface area contributed by atoms with Gasteiger partial charge in [0, 0.05) is 0 Å². The quantitative estimate of drug-likeness (QED) is 0.0625. The van der Waals surface area contributed by atoms with Gasteiger partial charge in [0.05, 0.1) is 40.5 Å². The van der Waals surface area contributed by atoms with Crippen molar-refractivity contribution in [1.29, 1.82) is 0 Å². The number of nitrogens with one attached hydrogen (secondary N) is 2. The number of carbonyl (C=O) groups is 2. The Labute approximate surface area is 403 Å². The lowest BCUT2D eigenvalue weighted by atomic mass is 9.73. The molecule has 8 aromatic rings. The standard InChI is InChI=1S/C59H58N2O8/c1-7-57(8-2,55(62)60-53(51-33-13-21-39-19-9-11-31-49(39)51)58(64,41-23-15-27-45(35-41)66-3)42-24-16-28-46(36-42)67-4)56(63)61-54(52-34-14-22-40-20-10-12-32-50(40)52)59(65,43-25-17-29-47(37-43)68-5)44-26-18-30-48(38-44)69-6/h9-38,53-54,64-65H,7-8H2,1-6H3,(H,60,62)(H,61,63)/t53-,54-/m0/s1. The van der Waals surface area contributed by atoms with E-state index in [-0.39, 0.29) is 12.8 Å². The molecule has 0 heterocycles. The van der Waals surface area contributed by atoms with E-state index in [2.05, 4.69) is 10.6 Å². The molecule has 0 bridgehead atoms. The summed E-state index contributed by atoms with van der Waals surface area (Å²) in [6.07, 6.45) is 0.109. The number of rotatable bonds is 18. The Morgan fingerprint density at radius 2 is 0.725 bits per heavy atom. The molecule has 0 unspecified atom stereocenters. The number of ether oxygens (including phenoxy) is 4. The first-order chi connectivity index (χ1) is 33.5. The minimum atomic E-state index is -1.99. The Kier molecular flexibility index (Phi) is 14.1. The molecule has 0 saturated heterocycles. The van der Waals surface area contributed by atoms with Crippen LogP contribution in [0.15, 0.2) is 182 Å². The number of carbonyl (C=O) groups excluding carboxylic acids is 2. The largest absolute Gasteiger partial charge is 0.497 e. The summed E-state index contributed by atoms with van der Waals surface area (Å²) in [5, 5.41) is 37.6. The third-order valence-electron chi connectivity index (χ3n) is 13.8. The number of hydrogen-bond donors (Lipinski definition) is 4. The summed E-state index contributed by atoms with van der Waals surface area (Å²) in [6, 6.07) is 53.1. The van der Waals surface area contributed by atoms with Gasteiger partial charge in [-0.3, -0.25) is 9.59 Å². The van der Waals surface area contributed by atoms with E-state index in [1.165, 1.54) is 0 Å². The monoisotopic (exact) mass is 922 g/mol. The zero-order chi connectivity index (χ0) is 48.8. The fourth-order valence-corrected chi connectivity index (χ4v) is 9.79. The molecule has 2 atom stereocenters. The fourth-order valence-electron chi connectivity index (χ4n) is 9.79. The third-order valence-corrected chi connectivity index (χ3v) is 13.8. The molecule has 2 amide bonds. The predicted molar refractivity (Wildman–Crippen MR) is 271 cm³/mol. The molecule has 10 nitrogen and oxygen atoms in total. The maximum absolute atomic E-state index is 15.9. The first kappa shape index (κ1) is 47.8. The molecule has 0 aliphatic heterocycles. The van der Waals surface area contributed by atoms with E-state index in [0.717, 1.165) is 21.5 Å². The predicted octanol–water partition coefficient (Wildman–Crippen LogP) is 10.7. The fraction of sp³-hybridized carbons (Fsp3) is 0.220. The number of hydrogen-bond acceptors (Lipinski definition) is 8. The lowest BCUT2D eigenvalue weighted by molar-refractivity contribution is -0.147. The second-order valence-electron chi connectivity index (χ2n) is 17.2. The summed E-state index contributed by atoms with van der Waals surface area (Å²) in [5.74, 6) is 0.710. The van der Waals surface area contributed by atoms with Crippen molar-refractivity contribution in [3.63, 3.8) is 0 Å². The molecule has 0 aliphatic rings. The van der Waals surface area contributed by atoms with Crippen molar-refractivity contribution in [2.75, 3.05) is 28.4 Å². The van der Waals surface area contributed by atoms with Crippen molar-refractivity contribution in [1.82, 2.24) is 10.6 Å². The minimum Gasteiger partial charge on any atom is -0.497 e. The van der Waals surface area contributed by atoms with E-state index in [1.54, 1.807) is 139 Å². The number of aliphatic hydroxyl groups is 2. The highest BCUT2D eigenvalue weighted by atomic mass is 16.5. The molecular weight excluding hydrogens is 865 g/mol. The van der Waals surface area contributed by atoms with Crippen LogP contribution in [-0.4, -0.2) is 50.5 Å². The van der Waals surface area contributed by atoms with Gasteiger partial charge in [-0.1, -0.05) is 147 Å². The van der Waals surface area contributed by atoms with Crippen molar-refractivity contribution in [3.05, 3.63) is 215 Å². The van der Waals surface area contributed by atoms with E-state index in [0.29, 0.717) is 56.4 Å². The van der Waals surface area contributed by atoms with Crippen LogP contribution in [0, 0.1) is 5.41 Å². The molecule has 352 valence electrons. The van der Waals surface area contributed by atoms with E-state index in [4.69, 9.17) is 18.9 Å². The highest BCUT2D eigenvalue weighted by molar-refractivity contribution is 6.06. The van der Waals surface area contributed by atoms with Gasteiger partial charge in [-0.15, -0.1) is 0 Å². The molecule has 0 aliphatic carbocycles. The van der Waals surface area contributed by atoms with Gasteiger partial charge in [-0.2, -0.15) is 0 Å². The molecule has 0 radical (unpaired) electrons.